The van der Waals surface area contributed by atoms with Crippen LogP contribution in [0.1, 0.15) is 31.0 Å². The Morgan fingerprint density at radius 1 is 1.50 bits per heavy atom. The van der Waals surface area contributed by atoms with Gasteiger partial charge in [0.15, 0.2) is 11.2 Å². The van der Waals surface area contributed by atoms with Crippen molar-refractivity contribution in [1.82, 2.24) is 19.5 Å². The molecule has 0 bridgehead atoms. The van der Waals surface area contributed by atoms with Crippen molar-refractivity contribution in [3.8, 4) is 5.88 Å². The molecule has 1 aliphatic carbocycles. The van der Waals surface area contributed by atoms with Crippen LogP contribution in [0.4, 0.5) is 0 Å². The quantitative estimate of drug-likeness (QED) is 0.794. The van der Waals surface area contributed by atoms with Gasteiger partial charge < -0.3 is 9.30 Å². The maximum atomic E-state index is 6.29. The summed E-state index contributed by atoms with van der Waals surface area (Å²) < 4.78 is 7.71. The molecule has 2 aromatic heterocycles. The van der Waals surface area contributed by atoms with Gasteiger partial charge in [0.05, 0.1) is 12.5 Å². The van der Waals surface area contributed by atoms with Crippen LogP contribution in [-0.2, 0) is 6.54 Å². The Morgan fingerprint density at radius 2 is 2.25 bits per heavy atom. The number of hydrogen-bond donors (Lipinski definition) is 0. The van der Waals surface area contributed by atoms with E-state index in [4.69, 9.17) is 16.3 Å². The lowest BCUT2D eigenvalue weighted by atomic mass is 10.3. The maximum absolute atomic E-state index is 6.29. The summed E-state index contributed by atoms with van der Waals surface area (Å²) in [4.78, 5) is 13.1. The minimum atomic E-state index is -0.174. The van der Waals surface area contributed by atoms with E-state index in [0.29, 0.717) is 16.1 Å². The van der Waals surface area contributed by atoms with Gasteiger partial charge in [-0.1, -0.05) is 0 Å². The third kappa shape index (κ3) is 2.24. The van der Waals surface area contributed by atoms with E-state index in [9.17, 15) is 0 Å². The molecule has 1 unspecified atom stereocenters. The van der Waals surface area contributed by atoms with Gasteiger partial charge in [-0.3, -0.25) is 0 Å². The first-order chi connectivity index (χ1) is 9.60. The lowest BCUT2D eigenvalue weighted by molar-refractivity contribution is 0.401. The number of imidazole rings is 1. The van der Waals surface area contributed by atoms with Crippen molar-refractivity contribution in [3.05, 3.63) is 12.2 Å². The van der Waals surface area contributed by atoms with Crippen LogP contribution in [0.5, 0.6) is 5.88 Å². The third-order valence-electron chi connectivity index (χ3n) is 3.76. The molecule has 0 N–H and O–H groups in total. The molecule has 0 saturated heterocycles. The molecular weight excluding hydrogens is 296 g/mol. The molecule has 7 heteroatoms. The molecule has 3 rings (SSSR count). The van der Waals surface area contributed by atoms with Gasteiger partial charge in [0.25, 0.3) is 0 Å². The summed E-state index contributed by atoms with van der Waals surface area (Å²) in [6.07, 6.45) is 6.13. The summed E-state index contributed by atoms with van der Waals surface area (Å²) >= 11 is 8.20. The van der Waals surface area contributed by atoms with Crippen LogP contribution < -0.4 is 4.74 Å². The van der Waals surface area contributed by atoms with Crippen LogP contribution in [-0.4, -0.2) is 37.6 Å². The molecule has 0 amide bonds. The number of methoxy groups -OCH3 is 1. The number of nitrogens with zero attached hydrogens (tertiary/aromatic N) is 4. The van der Waals surface area contributed by atoms with Gasteiger partial charge in [-0.05, 0) is 26.0 Å². The monoisotopic (exact) mass is 312 g/mol. The smallest absolute Gasteiger partial charge is 0.245 e. The number of aromatic nitrogens is 4. The van der Waals surface area contributed by atoms with Crippen LogP contribution in [0.15, 0.2) is 6.33 Å². The van der Waals surface area contributed by atoms with Crippen molar-refractivity contribution in [2.24, 2.45) is 0 Å². The molecule has 1 atom stereocenters. The fourth-order valence-corrected chi connectivity index (χ4v) is 3.33. The lowest BCUT2D eigenvalue weighted by Gasteiger charge is -2.16. The Kier molecular flexibility index (Phi) is 3.54. The van der Waals surface area contributed by atoms with E-state index in [-0.39, 0.29) is 5.38 Å². The molecule has 5 nitrogen and oxygen atoms in total. The molecule has 0 spiro atoms. The Bertz CT molecular complexity index is 639. The van der Waals surface area contributed by atoms with Gasteiger partial charge in [-0.2, -0.15) is 16.7 Å². The largest absolute Gasteiger partial charge is 0.479 e. The standard InChI is InChI=1S/C13H17ClN4OS/c1-8(14)10-17-9-11(15-7-16-12(9)19-2)18(10)6-13(20-3)4-5-13/h7-8H,4-6H2,1-3H3. The minimum absolute atomic E-state index is 0.174. The first-order valence-corrected chi connectivity index (χ1v) is 8.21. The number of fused-ring (bicyclic) bond motifs is 1. The predicted molar refractivity (Wildman–Crippen MR) is 81.6 cm³/mol. The van der Waals surface area contributed by atoms with Crippen molar-refractivity contribution in [3.63, 3.8) is 0 Å². The van der Waals surface area contributed by atoms with E-state index in [0.717, 1.165) is 18.0 Å². The van der Waals surface area contributed by atoms with Gasteiger partial charge >= 0.3 is 0 Å². The number of thioether (sulfide) groups is 1. The number of rotatable bonds is 5. The lowest BCUT2D eigenvalue weighted by Crippen LogP contribution is -2.16. The van der Waals surface area contributed by atoms with E-state index < -0.39 is 0 Å². The van der Waals surface area contributed by atoms with E-state index in [2.05, 4.69) is 25.8 Å². The highest BCUT2D eigenvalue weighted by Gasteiger charge is 2.43. The molecule has 1 fully saturated rings. The average molecular weight is 313 g/mol. The van der Waals surface area contributed by atoms with Crippen LogP contribution in [0.25, 0.3) is 11.2 Å². The fourth-order valence-electron chi connectivity index (χ4n) is 2.40. The molecule has 1 saturated carbocycles. The van der Waals surface area contributed by atoms with Crippen molar-refractivity contribution in [1.29, 1.82) is 0 Å². The zero-order valence-electron chi connectivity index (χ0n) is 11.8. The number of alkyl halides is 1. The van der Waals surface area contributed by atoms with E-state index >= 15 is 0 Å². The van der Waals surface area contributed by atoms with E-state index in [1.54, 1.807) is 7.11 Å². The maximum Gasteiger partial charge on any atom is 0.245 e. The zero-order chi connectivity index (χ0) is 14.3. The highest BCUT2D eigenvalue weighted by Crippen LogP contribution is 2.49. The number of hydrogen-bond acceptors (Lipinski definition) is 5. The molecular formula is C13H17ClN4OS. The zero-order valence-corrected chi connectivity index (χ0v) is 13.3. The van der Waals surface area contributed by atoms with E-state index in [1.165, 1.54) is 19.2 Å². The summed E-state index contributed by atoms with van der Waals surface area (Å²) in [6, 6.07) is 0. The topological polar surface area (TPSA) is 52.8 Å². The van der Waals surface area contributed by atoms with Gasteiger partial charge in [0.2, 0.25) is 5.88 Å². The predicted octanol–water partition coefficient (Wildman–Crippen LogP) is 3.03. The Balaban J connectivity index is 2.14. The summed E-state index contributed by atoms with van der Waals surface area (Å²) in [7, 11) is 1.59. The number of ether oxygens (including phenoxy) is 1. The molecule has 1 aliphatic rings. The van der Waals surface area contributed by atoms with Gasteiger partial charge in [-0.25, -0.2) is 9.97 Å². The summed E-state index contributed by atoms with van der Waals surface area (Å²) in [5.74, 6) is 1.34. The van der Waals surface area contributed by atoms with Crippen LogP contribution in [0.2, 0.25) is 0 Å². The first-order valence-electron chi connectivity index (χ1n) is 6.54. The molecule has 108 valence electrons. The normalized spacial score (nSPS) is 18.2. The van der Waals surface area contributed by atoms with Crippen molar-refractivity contribution >= 4 is 34.5 Å². The molecule has 0 radical (unpaired) electrons. The van der Waals surface area contributed by atoms with Crippen LogP contribution in [0.3, 0.4) is 0 Å². The molecule has 20 heavy (non-hydrogen) atoms. The van der Waals surface area contributed by atoms with Gasteiger partial charge in [0, 0.05) is 11.3 Å². The summed E-state index contributed by atoms with van der Waals surface area (Å²) in [6.45, 7) is 2.81. The molecule has 2 heterocycles. The molecule has 2 aromatic rings. The van der Waals surface area contributed by atoms with Gasteiger partial charge in [0.1, 0.15) is 12.2 Å². The third-order valence-corrected chi connectivity index (χ3v) is 5.36. The fraction of sp³-hybridized carbons (Fsp3) is 0.615. The highest BCUT2D eigenvalue weighted by molar-refractivity contribution is 8.00. The molecule has 0 aliphatic heterocycles. The number of halogens is 1. The van der Waals surface area contributed by atoms with Crippen molar-refractivity contribution < 1.29 is 4.74 Å². The second-order valence-corrected chi connectivity index (χ2v) is 7.04. The van der Waals surface area contributed by atoms with Crippen LogP contribution >= 0.6 is 23.4 Å². The van der Waals surface area contributed by atoms with E-state index in [1.807, 2.05) is 18.7 Å². The van der Waals surface area contributed by atoms with Gasteiger partial charge in [-0.15, -0.1) is 11.6 Å². The SMILES string of the molecule is COc1ncnc2c1nc(C(C)Cl)n2CC1(SC)CC1. The second-order valence-electron chi connectivity index (χ2n) is 5.11. The minimum Gasteiger partial charge on any atom is -0.479 e. The summed E-state index contributed by atoms with van der Waals surface area (Å²) in [5, 5.41) is -0.174. The first kappa shape index (κ1) is 13.9. The Morgan fingerprint density at radius 3 is 2.80 bits per heavy atom. The Labute approximate surface area is 127 Å². The Hall–Kier alpha value is -1.01. The average Bonchev–Trinajstić information content (AvgIpc) is 3.13. The van der Waals surface area contributed by atoms with Crippen LogP contribution in [0, 0.1) is 0 Å². The summed E-state index contributed by atoms with van der Waals surface area (Å²) in [5.41, 5.74) is 1.49. The molecule has 0 aromatic carbocycles. The van der Waals surface area contributed by atoms with Crippen molar-refractivity contribution in [2.75, 3.05) is 13.4 Å². The second kappa shape index (κ2) is 5.07. The highest BCUT2D eigenvalue weighted by atomic mass is 35.5. The van der Waals surface area contributed by atoms with Crippen molar-refractivity contribution in [2.45, 2.75) is 36.4 Å².